The lowest BCUT2D eigenvalue weighted by molar-refractivity contribution is -0.136. The quantitative estimate of drug-likeness (QED) is 0.186. The van der Waals surface area contributed by atoms with E-state index < -0.39 is 22.4 Å². The number of halogens is 1. The number of thioether (sulfide) groups is 1. The zero-order valence-corrected chi connectivity index (χ0v) is 24.4. The van der Waals surface area contributed by atoms with Crippen molar-refractivity contribution in [3.8, 4) is 5.75 Å². The van der Waals surface area contributed by atoms with Crippen molar-refractivity contribution < 1.29 is 28.1 Å². The standard InChI is InChI=1S/C28H41FN2O5S2/c1-5-7-11-28(12-8-6-2)18-31(21-9-10-24(36-3)22(29)14-21)23-15-25(37-4)20(16-30-17-27(32)33)13-26(23)38(34,35)19-28/h9-10,13-15,30,34-35H,5-8,11-12,16-19H2,1-4H3,(H,32,33). The molecule has 0 aliphatic carbocycles. The molecule has 4 N–H and O–H groups in total. The Bertz CT molecular complexity index is 1110. The van der Waals surface area contributed by atoms with E-state index in [0.717, 1.165) is 49.0 Å². The fourth-order valence-corrected chi connectivity index (χ4v) is 8.10. The van der Waals surface area contributed by atoms with Gasteiger partial charge in [0.05, 0.1) is 24.2 Å². The number of carboxylic acid groups (broad SMARTS) is 1. The SMILES string of the molecule is CCCCC1(CCCC)CN(c2ccc(OC)c(F)c2)c2cc(SC)c(CNCC(=O)O)cc2S(O)(O)C1. The van der Waals surface area contributed by atoms with Crippen LogP contribution in [-0.4, -0.2) is 52.4 Å². The Morgan fingerprint density at radius 1 is 1.18 bits per heavy atom. The maximum Gasteiger partial charge on any atom is 0.317 e. The summed E-state index contributed by atoms with van der Waals surface area (Å²) in [7, 11) is -1.78. The molecular formula is C28H41FN2O5S2. The number of ether oxygens (including phenoxy) is 1. The van der Waals surface area contributed by atoms with Crippen LogP contribution < -0.4 is 15.0 Å². The minimum absolute atomic E-state index is 0.154. The third-order valence-electron chi connectivity index (χ3n) is 7.17. The van der Waals surface area contributed by atoms with Gasteiger partial charge in [-0.05, 0) is 48.9 Å². The molecule has 0 atom stereocenters. The highest BCUT2D eigenvalue weighted by Gasteiger charge is 2.42. The number of nitrogens with one attached hydrogen (secondary N) is 1. The summed E-state index contributed by atoms with van der Waals surface area (Å²) in [6.45, 7) is 4.88. The van der Waals surface area contributed by atoms with Crippen LogP contribution in [0.1, 0.15) is 57.9 Å². The van der Waals surface area contributed by atoms with E-state index in [9.17, 15) is 18.3 Å². The summed E-state index contributed by atoms with van der Waals surface area (Å²) in [5.74, 6) is -1.04. The normalized spacial score (nSPS) is 17.0. The van der Waals surface area contributed by atoms with Crippen molar-refractivity contribution in [1.82, 2.24) is 5.32 Å². The molecule has 0 amide bonds. The number of fused-ring (bicyclic) bond motifs is 1. The number of rotatable bonds is 13. The van der Waals surface area contributed by atoms with Crippen LogP contribution in [0, 0.1) is 11.2 Å². The molecule has 2 aromatic rings. The van der Waals surface area contributed by atoms with Crippen molar-refractivity contribution in [2.45, 2.75) is 68.7 Å². The lowest BCUT2D eigenvalue weighted by Crippen LogP contribution is -2.38. The van der Waals surface area contributed by atoms with E-state index in [0.29, 0.717) is 22.8 Å². The van der Waals surface area contributed by atoms with Gasteiger partial charge in [0.2, 0.25) is 0 Å². The molecule has 0 spiro atoms. The number of nitrogens with zero attached hydrogens (tertiary/aromatic N) is 1. The van der Waals surface area contributed by atoms with E-state index in [1.54, 1.807) is 12.1 Å². The second-order valence-electron chi connectivity index (χ2n) is 10.1. The van der Waals surface area contributed by atoms with Crippen LogP contribution >= 0.6 is 22.4 Å². The molecule has 0 bridgehead atoms. The fourth-order valence-electron chi connectivity index (χ4n) is 5.25. The highest BCUT2D eigenvalue weighted by Crippen LogP contribution is 2.61. The van der Waals surface area contributed by atoms with E-state index >= 15 is 0 Å². The summed E-state index contributed by atoms with van der Waals surface area (Å²) in [6, 6.07) is 8.60. The first-order valence-corrected chi connectivity index (χ1v) is 16.0. The Labute approximate surface area is 231 Å². The summed E-state index contributed by atoms with van der Waals surface area (Å²) >= 11 is 1.51. The van der Waals surface area contributed by atoms with Gasteiger partial charge in [-0.15, -0.1) is 11.8 Å². The molecule has 2 aromatic carbocycles. The molecule has 38 heavy (non-hydrogen) atoms. The Balaban J connectivity index is 2.22. The van der Waals surface area contributed by atoms with Crippen LogP contribution in [0.4, 0.5) is 15.8 Å². The summed E-state index contributed by atoms with van der Waals surface area (Å²) in [4.78, 5) is 14.4. The molecule has 0 saturated carbocycles. The number of benzene rings is 2. The van der Waals surface area contributed by atoms with Crippen LogP contribution in [0.3, 0.4) is 0 Å². The number of aliphatic carboxylic acids is 1. The zero-order chi connectivity index (χ0) is 27.9. The summed E-state index contributed by atoms with van der Waals surface area (Å²) in [5.41, 5.74) is 1.70. The van der Waals surface area contributed by atoms with Gasteiger partial charge < -0.3 is 20.1 Å². The molecule has 1 heterocycles. The monoisotopic (exact) mass is 568 g/mol. The van der Waals surface area contributed by atoms with Crippen molar-refractivity contribution in [3.05, 3.63) is 41.7 Å². The first-order chi connectivity index (χ1) is 18.1. The van der Waals surface area contributed by atoms with Gasteiger partial charge in [-0.1, -0.05) is 39.5 Å². The molecule has 1 aliphatic rings. The molecule has 3 rings (SSSR count). The molecule has 0 aromatic heterocycles. The van der Waals surface area contributed by atoms with Crippen molar-refractivity contribution in [1.29, 1.82) is 0 Å². The lowest BCUT2D eigenvalue weighted by atomic mass is 9.79. The number of hydrogen-bond donors (Lipinski definition) is 4. The molecule has 0 fully saturated rings. The summed E-state index contributed by atoms with van der Waals surface area (Å²) in [6.07, 6.45) is 7.51. The second kappa shape index (κ2) is 13.4. The van der Waals surface area contributed by atoms with Crippen LogP contribution in [0.2, 0.25) is 0 Å². The minimum atomic E-state index is -3.21. The van der Waals surface area contributed by atoms with Gasteiger partial charge in [0.15, 0.2) is 11.6 Å². The Kier molecular flexibility index (Phi) is 10.8. The average Bonchev–Trinajstić information content (AvgIpc) is 2.97. The van der Waals surface area contributed by atoms with Gasteiger partial charge in [0.1, 0.15) is 0 Å². The first-order valence-electron chi connectivity index (χ1n) is 13.1. The zero-order valence-electron chi connectivity index (χ0n) is 22.8. The summed E-state index contributed by atoms with van der Waals surface area (Å²) < 4.78 is 43.6. The van der Waals surface area contributed by atoms with E-state index in [2.05, 4.69) is 19.2 Å². The van der Waals surface area contributed by atoms with Crippen molar-refractivity contribution >= 4 is 39.7 Å². The van der Waals surface area contributed by atoms with Crippen LogP contribution in [-0.2, 0) is 11.3 Å². The third kappa shape index (κ3) is 7.15. The number of hydrogen-bond acceptors (Lipinski definition) is 7. The Morgan fingerprint density at radius 2 is 1.87 bits per heavy atom. The van der Waals surface area contributed by atoms with Crippen molar-refractivity contribution in [3.63, 3.8) is 0 Å². The van der Waals surface area contributed by atoms with Gasteiger partial charge in [-0.2, -0.15) is 10.6 Å². The predicted molar refractivity (Wildman–Crippen MR) is 155 cm³/mol. The maximum atomic E-state index is 14.9. The average molecular weight is 569 g/mol. The van der Waals surface area contributed by atoms with Gasteiger partial charge >= 0.3 is 5.97 Å². The van der Waals surface area contributed by atoms with E-state index in [1.165, 1.54) is 24.9 Å². The molecule has 1 aliphatic heterocycles. The Hall–Kier alpha value is -1.98. The van der Waals surface area contributed by atoms with Gasteiger partial charge in [0, 0.05) is 40.9 Å². The lowest BCUT2D eigenvalue weighted by Gasteiger charge is -2.42. The molecule has 7 nitrogen and oxygen atoms in total. The van der Waals surface area contributed by atoms with Crippen LogP contribution in [0.25, 0.3) is 0 Å². The highest BCUT2D eigenvalue weighted by molar-refractivity contribution is 8.24. The summed E-state index contributed by atoms with van der Waals surface area (Å²) in [5, 5.41) is 12.0. The minimum Gasteiger partial charge on any atom is -0.494 e. The van der Waals surface area contributed by atoms with Gasteiger partial charge in [0.25, 0.3) is 0 Å². The molecule has 0 radical (unpaired) electrons. The van der Waals surface area contributed by atoms with Gasteiger partial charge in [-0.25, -0.2) is 4.39 Å². The first kappa shape index (κ1) is 30.6. The molecule has 0 saturated heterocycles. The third-order valence-corrected chi connectivity index (χ3v) is 10.0. The maximum absolute atomic E-state index is 14.9. The largest absolute Gasteiger partial charge is 0.494 e. The van der Waals surface area contributed by atoms with Crippen molar-refractivity contribution in [2.75, 3.05) is 37.1 Å². The molecule has 212 valence electrons. The highest BCUT2D eigenvalue weighted by atomic mass is 32.3. The number of unbranched alkanes of at least 4 members (excludes halogenated alkanes) is 2. The number of carboxylic acids is 1. The number of methoxy groups -OCH3 is 1. The Morgan fingerprint density at radius 3 is 2.42 bits per heavy atom. The molecule has 10 heteroatoms. The smallest absolute Gasteiger partial charge is 0.317 e. The van der Waals surface area contributed by atoms with Crippen LogP contribution in [0.15, 0.2) is 40.1 Å². The van der Waals surface area contributed by atoms with E-state index in [1.807, 2.05) is 23.3 Å². The van der Waals surface area contributed by atoms with Gasteiger partial charge in [-0.3, -0.25) is 13.9 Å². The topological polar surface area (TPSA) is 102 Å². The molecule has 0 unspecified atom stereocenters. The predicted octanol–water partition coefficient (Wildman–Crippen LogP) is 7.36. The fraction of sp³-hybridized carbons (Fsp3) is 0.536. The number of anilines is 2. The number of carbonyl (C=O) groups is 1. The van der Waals surface area contributed by atoms with Crippen molar-refractivity contribution in [2.24, 2.45) is 5.41 Å². The van der Waals surface area contributed by atoms with E-state index in [4.69, 9.17) is 9.84 Å². The van der Waals surface area contributed by atoms with E-state index in [-0.39, 0.29) is 30.0 Å². The van der Waals surface area contributed by atoms with Crippen LogP contribution in [0.5, 0.6) is 5.75 Å². The molecular weight excluding hydrogens is 527 g/mol. The second-order valence-corrected chi connectivity index (χ2v) is 13.0.